The molecule has 3 N–H and O–H groups in total. The second-order valence-electron chi connectivity index (χ2n) is 18.2. The number of nitrogens with one attached hydrogen (secondary N) is 2. The number of carboxylic acids is 1. The Morgan fingerprint density at radius 1 is 0.905 bits per heavy atom. The van der Waals surface area contributed by atoms with Gasteiger partial charge >= 0.3 is 24.2 Å². The Morgan fingerprint density at radius 3 is 2.07 bits per heavy atom. The molecular weight excluding hydrogens is 1070 g/mol. The highest BCUT2D eigenvalue weighted by Crippen LogP contribution is 2.55. The first-order valence-electron chi connectivity index (χ1n) is 21.6. The number of nitrogens with zero attached hydrogens (tertiary/aromatic N) is 6. The fourth-order valence-corrected chi connectivity index (χ4v) is 9.94. The molecule has 3 amide bonds. The van der Waals surface area contributed by atoms with Crippen LogP contribution in [0.25, 0.3) is 22.0 Å². The predicted octanol–water partition coefficient (Wildman–Crippen LogP) is 7.00. The second kappa shape index (κ2) is 20.1. The van der Waals surface area contributed by atoms with Gasteiger partial charge in [0, 0.05) is 40.6 Å². The third kappa shape index (κ3) is 11.8. The fraction of sp³-hybridized carbons (Fsp3) is 0.432. The van der Waals surface area contributed by atoms with Crippen LogP contribution in [0.5, 0.6) is 0 Å². The molecule has 0 bridgehead atoms. The van der Waals surface area contributed by atoms with E-state index in [9.17, 15) is 71.1 Å². The monoisotopic (exact) mass is 1120 g/mol. The van der Waals surface area contributed by atoms with E-state index < -0.39 is 172 Å². The lowest BCUT2D eigenvalue weighted by molar-refractivity contribution is -0.150. The van der Waals surface area contributed by atoms with Crippen molar-refractivity contribution in [2.75, 3.05) is 23.4 Å². The SMILES string of the molecule is C[C@@H]1c2c(C(F)(F)F)nn(CC(=O)N[C@@H](Cc3cc(F)cc(F)c3)c3nc(CCC(C)(C)S(C)(=O)=O)ccc3-c3ccc(Cl)c4c(N(C(=O)CNC(=O)C(=O)O)S(C)(=O)=O)nn(CC(F)(F)F)c34)c2C(F)(F)[C@@H]1C. The maximum absolute atomic E-state index is 15.8. The number of rotatable bonds is 16. The summed E-state index contributed by atoms with van der Waals surface area (Å²) in [6.07, 6.45) is -10.2. The van der Waals surface area contributed by atoms with Crippen molar-refractivity contribution in [2.24, 2.45) is 5.92 Å². The van der Waals surface area contributed by atoms with E-state index in [0.29, 0.717) is 12.3 Å². The number of carbonyl (C=O) groups excluding carboxylic acids is 3. The molecule has 1 aliphatic carbocycles. The Hall–Kier alpha value is -6.36. The van der Waals surface area contributed by atoms with Crippen LogP contribution in [-0.4, -0.2) is 100 Å². The number of aliphatic carboxylic acids is 1. The summed E-state index contributed by atoms with van der Waals surface area (Å²) >= 11 is 6.57. The summed E-state index contributed by atoms with van der Waals surface area (Å²) in [5.41, 5.74) is -5.94. The molecule has 74 heavy (non-hydrogen) atoms. The van der Waals surface area contributed by atoms with Gasteiger partial charge in [-0.15, -0.1) is 0 Å². The number of fused-ring (bicyclic) bond motifs is 2. The number of hydrogen-bond donors (Lipinski definition) is 3. The molecule has 402 valence electrons. The van der Waals surface area contributed by atoms with Crippen molar-refractivity contribution < 1.29 is 85.0 Å². The number of pyridine rings is 1. The van der Waals surface area contributed by atoms with Gasteiger partial charge < -0.3 is 15.7 Å². The largest absolute Gasteiger partial charge is 0.474 e. The molecule has 0 radical (unpaired) electrons. The Morgan fingerprint density at radius 2 is 1.51 bits per heavy atom. The number of aromatic nitrogens is 5. The fourth-order valence-electron chi connectivity index (χ4n) is 8.35. The van der Waals surface area contributed by atoms with Crippen LogP contribution >= 0.6 is 11.6 Å². The van der Waals surface area contributed by atoms with Crippen molar-refractivity contribution in [1.29, 1.82) is 0 Å². The van der Waals surface area contributed by atoms with E-state index in [4.69, 9.17) is 16.7 Å². The number of carbonyl (C=O) groups is 4. The van der Waals surface area contributed by atoms with E-state index in [1.54, 1.807) is 5.32 Å². The second-order valence-corrected chi connectivity index (χ2v) is 23.0. The molecular formula is C44H43ClF10N8O9S2. The molecule has 0 saturated carbocycles. The van der Waals surface area contributed by atoms with Crippen LogP contribution in [0.4, 0.5) is 49.7 Å². The molecule has 0 spiro atoms. The Kier molecular flexibility index (Phi) is 15.4. The third-order valence-electron chi connectivity index (χ3n) is 12.4. The van der Waals surface area contributed by atoms with E-state index in [1.807, 2.05) is 0 Å². The highest BCUT2D eigenvalue weighted by atomic mass is 35.5. The number of benzene rings is 2. The van der Waals surface area contributed by atoms with Gasteiger partial charge in [-0.2, -0.15) is 49.6 Å². The van der Waals surface area contributed by atoms with Gasteiger partial charge in [-0.25, -0.2) is 30.4 Å². The summed E-state index contributed by atoms with van der Waals surface area (Å²) < 4.78 is 199. The minimum atomic E-state index is -5.28. The Labute approximate surface area is 419 Å². The first-order chi connectivity index (χ1) is 33.8. The first-order valence-corrected chi connectivity index (χ1v) is 25.8. The van der Waals surface area contributed by atoms with Crippen LogP contribution in [-0.2, 0) is 77.1 Å². The van der Waals surface area contributed by atoms with Gasteiger partial charge in [0.15, 0.2) is 21.3 Å². The summed E-state index contributed by atoms with van der Waals surface area (Å²) in [6, 6.07) is 4.76. The van der Waals surface area contributed by atoms with Crippen LogP contribution in [0, 0.1) is 17.6 Å². The first kappa shape index (κ1) is 56.9. The number of carboxylic acid groups (broad SMARTS) is 1. The molecule has 3 atom stereocenters. The minimum absolute atomic E-state index is 0.000527. The summed E-state index contributed by atoms with van der Waals surface area (Å²) in [6.45, 7) is 0.102. The standard InChI is InChI=1S/C44H43ClF10N8O9S2/c1-20-21(2)43(51,52)37-32(20)36(44(53,54)55)59-61(37)18-30(64)58-29(15-22-13-23(46)16-24(47)14-22)34-26(8-7-25(57-34)11-12-41(3,4)73(5,69)70)27-9-10-28(45)33-35(27)62(19-42(48,49)50)60-38(33)63(74(6,71)72)31(65)17-56-39(66)40(67)68/h7-10,13-14,16,20-21,29H,11-12,15,17-19H2,1-6H3,(H,56,66)(H,58,64)(H,67,68)/t20-,21+,29-/m0/s1. The van der Waals surface area contributed by atoms with Crippen molar-refractivity contribution in [3.8, 4) is 11.1 Å². The molecule has 0 aliphatic heterocycles. The molecule has 3 heterocycles. The number of halogens is 11. The molecule has 0 fully saturated rings. The summed E-state index contributed by atoms with van der Waals surface area (Å²) in [4.78, 5) is 55.3. The number of anilines is 1. The van der Waals surface area contributed by atoms with Crippen LogP contribution in [0.3, 0.4) is 0 Å². The molecule has 17 nitrogen and oxygen atoms in total. The van der Waals surface area contributed by atoms with E-state index in [-0.39, 0.29) is 43.3 Å². The number of hydrogen-bond acceptors (Lipinski definition) is 11. The summed E-state index contributed by atoms with van der Waals surface area (Å²) in [5, 5.41) is 19.0. The molecule has 2 aromatic carbocycles. The van der Waals surface area contributed by atoms with E-state index in [2.05, 4.69) is 20.5 Å². The van der Waals surface area contributed by atoms with Gasteiger partial charge in [-0.05, 0) is 68.9 Å². The lowest BCUT2D eigenvalue weighted by Gasteiger charge is -2.25. The number of sulfone groups is 1. The molecule has 0 saturated heterocycles. The molecule has 5 aromatic rings. The van der Waals surface area contributed by atoms with Crippen LogP contribution in [0.1, 0.15) is 80.0 Å². The average molecular weight is 1120 g/mol. The third-order valence-corrected chi connectivity index (χ3v) is 16.0. The number of amides is 3. The summed E-state index contributed by atoms with van der Waals surface area (Å²) in [7, 11) is -8.75. The number of alkyl halides is 8. The maximum atomic E-state index is 15.8. The van der Waals surface area contributed by atoms with Gasteiger partial charge in [0.2, 0.25) is 15.9 Å². The normalized spacial score (nSPS) is 16.5. The van der Waals surface area contributed by atoms with Gasteiger partial charge in [-0.3, -0.25) is 28.7 Å². The van der Waals surface area contributed by atoms with Gasteiger partial charge in [0.1, 0.15) is 30.4 Å². The summed E-state index contributed by atoms with van der Waals surface area (Å²) in [5.74, 6) is -17.4. The molecule has 0 unspecified atom stereocenters. The van der Waals surface area contributed by atoms with Crippen molar-refractivity contribution >= 4 is 71.9 Å². The topological polar surface area (TPSA) is 233 Å². The van der Waals surface area contributed by atoms with Crippen LogP contribution < -0.4 is 14.9 Å². The molecule has 30 heteroatoms. The molecule has 1 aliphatic rings. The highest BCUT2D eigenvalue weighted by Gasteiger charge is 2.57. The molecule has 6 rings (SSSR count). The Bertz CT molecular complexity index is 3310. The zero-order chi connectivity index (χ0) is 55.6. The average Bonchev–Trinajstić information content (AvgIpc) is 3.86. The zero-order valence-electron chi connectivity index (χ0n) is 39.4. The number of sulfonamides is 1. The van der Waals surface area contributed by atoms with Crippen molar-refractivity contribution in [2.45, 2.75) is 95.0 Å². The minimum Gasteiger partial charge on any atom is -0.474 e. The smallest absolute Gasteiger partial charge is 0.435 e. The van der Waals surface area contributed by atoms with Crippen molar-refractivity contribution in [1.82, 2.24) is 35.2 Å². The van der Waals surface area contributed by atoms with Gasteiger partial charge in [-0.1, -0.05) is 37.6 Å². The number of aryl methyl sites for hydroxylation is 1. The zero-order valence-corrected chi connectivity index (χ0v) is 41.8. The lowest BCUT2D eigenvalue weighted by atomic mass is 9.93. The lowest BCUT2D eigenvalue weighted by Crippen LogP contribution is -2.45. The van der Waals surface area contributed by atoms with Gasteiger partial charge in [0.05, 0.1) is 45.2 Å². The highest BCUT2D eigenvalue weighted by molar-refractivity contribution is 7.93. The van der Waals surface area contributed by atoms with Gasteiger partial charge in [0.25, 0.3) is 11.8 Å². The Balaban J connectivity index is 1.63. The van der Waals surface area contributed by atoms with E-state index in [1.165, 1.54) is 26.0 Å². The molecule has 3 aromatic heterocycles. The quantitative estimate of drug-likeness (QED) is 0.0670. The van der Waals surface area contributed by atoms with E-state index in [0.717, 1.165) is 44.4 Å². The van der Waals surface area contributed by atoms with Crippen LogP contribution in [0.15, 0.2) is 42.5 Å². The predicted molar refractivity (Wildman–Crippen MR) is 244 cm³/mol. The van der Waals surface area contributed by atoms with Crippen molar-refractivity contribution in [3.63, 3.8) is 0 Å². The van der Waals surface area contributed by atoms with Crippen molar-refractivity contribution in [3.05, 3.63) is 93.0 Å². The van der Waals surface area contributed by atoms with Crippen LogP contribution in [0.2, 0.25) is 5.02 Å². The van der Waals surface area contributed by atoms with E-state index >= 15 is 8.78 Å². The maximum Gasteiger partial charge on any atom is 0.435 e.